The summed E-state index contributed by atoms with van der Waals surface area (Å²) in [7, 11) is -0.377. The fourth-order valence-corrected chi connectivity index (χ4v) is 5.07. The van der Waals surface area contributed by atoms with Gasteiger partial charge in [0.2, 0.25) is 10.0 Å². The standard InChI is InChI=1S/C21H29N5O2S/c1-5-10-26-20-9-8-17(29(27,28)23(3)4)14-18(20)22-21(26)15-25-13-12-24-11-6-7-19(24)16(25)2/h6-9,11,14,16H,5,10,12-13,15H2,1-4H3. The van der Waals surface area contributed by atoms with E-state index in [2.05, 4.69) is 46.2 Å². The van der Waals surface area contributed by atoms with Crippen LogP contribution in [0.3, 0.4) is 0 Å². The van der Waals surface area contributed by atoms with E-state index in [4.69, 9.17) is 4.98 Å². The van der Waals surface area contributed by atoms with Crippen LogP contribution in [-0.4, -0.2) is 52.4 Å². The molecule has 3 heterocycles. The number of benzene rings is 1. The number of sulfonamides is 1. The van der Waals surface area contributed by atoms with E-state index < -0.39 is 10.0 Å². The predicted molar refractivity (Wildman–Crippen MR) is 114 cm³/mol. The van der Waals surface area contributed by atoms with E-state index in [1.165, 1.54) is 10.00 Å². The lowest BCUT2D eigenvalue weighted by atomic mass is 10.1. The number of fused-ring (bicyclic) bond motifs is 2. The number of hydrogen-bond acceptors (Lipinski definition) is 4. The second-order valence-electron chi connectivity index (χ2n) is 7.89. The van der Waals surface area contributed by atoms with Gasteiger partial charge in [0.25, 0.3) is 0 Å². The molecule has 0 aliphatic carbocycles. The third-order valence-electron chi connectivity index (χ3n) is 5.84. The maximum atomic E-state index is 12.5. The van der Waals surface area contributed by atoms with Crippen molar-refractivity contribution in [2.75, 3.05) is 20.6 Å². The molecule has 0 spiro atoms. The number of aromatic nitrogens is 3. The summed E-state index contributed by atoms with van der Waals surface area (Å²) in [6.07, 6.45) is 3.14. The zero-order valence-corrected chi connectivity index (χ0v) is 18.4. The number of rotatable bonds is 6. The fraction of sp³-hybridized carbons (Fsp3) is 0.476. The molecule has 1 aliphatic heterocycles. The number of aryl methyl sites for hydroxylation is 1. The highest BCUT2D eigenvalue weighted by molar-refractivity contribution is 7.89. The van der Waals surface area contributed by atoms with Crippen molar-refractivity contribution < 1.29 is 8.42 Å². The van der Waals surface area contributed by atoms with Gasteiger partial charge in [-0.25, -0.2) is 17.7 Å². The quantitative estimate of drug-likeness (QED) is 0.621. The molecule has 0 saturated heterocycles. The molecule has 0 amide bonds. The number of nitrogens with zero attached hydrogens (tertiary/aromatic N) is 5. The molecule has 8 heteroatoms. The van der Waals surface area contributed by atoms with E-state index in [9.17, 15) is 8.42 Å². The maximum Gasteiger partial charge on any atom is 0.242 e. The van der Waals surface area contributed by atoms with Gasteiger partial charge < -0.3 is 9.13 Å². The summed E-state index contributed by atoms with van der Waals surface area (Å²) in [4.78, 5) is 7.60. The minimum Gasteiger partial charge on any atom is -0.349 e. The topological polar surface area (TPSA) is 63.4 Å². The summed E-state index contributed by atoms with van der Waals surface area (Å²) in [5.41, 5.74) is 3.06. The molecule has 1 aromatic carbocycles. The van der Waals surface area contributed by atoms with Gasteiger partial charge in [0, 0.05) is 51.7 Å². The lowest BCUT2D eigenvalue weighted by Crippen LogP contribution is -2.36. The Morgan fingerprint density at radius 3 is 2.72 bits per heavy atom. The normalized spacial score (nSPS) is 17.9. The van der Waals surface area contributed by atoms with E-state index in [1.807, 2.05) is 6.07 Å². The summed E-state index contributed by atoms with van der Waals surface area (Å²) in [5, 5.41) is 0. The molecule has 1 atom stereocenters. The number of hydrogen-bond donors (Lipinski definition) is 0. The van der Waals surface area contributed by atoms with Gasteiger partial charge in [0.15, 0.2) is 0 Å². The first-order chi connectivity index (χ1) is 13.8. The Kier molecular flexibility index (Phi) is 5.27. The molecular weight excluding hydrogens is 386 g/mol. The van der Waals surface area contributed by atoms with Gasteiger partial charge in [0.1, 0.15) is 5.82 Å². The molecule has 0 saturated carbocycles. The first-order valence-electron chi connectivity index (χ1n) is 10.1. The Morgan fingerprint density at radius 1 is 1.21 bits per heavy atom. The van der Waals surface area contributed by atoms with E-state index in [0.29, 0.717) is 6.04 Å². The molecule has 3 aromatic rings. The molecule has 0 N–H and O–H groups in total. The van der Waals surface area contributed by atoms with Crippen LogP contribution < -0.4 is 0 Å². The third-order valence-corrected chi connectivity index (χ3v) is 7.65. The molecule has 0 radical (unpaired) electrons. The Labute approximate surface area is 172 Å². The number of imidazole rings is 1. The van der Waals surface area contributed by atoms with Crippen molar-refractivity contribution >= 4 is 21.1 Å². The van der Waals surface area contributed by atoms with Crippen LogP contribution >= 0.6 is 0 Å². The average molecular weight is 416 g/mol. The first-order valence-corrected chi connectivity index (χ1v) is 11.6. The van der Waals surface area contributed by atoms with Crippen molar-refractivity contribution in [3.63, 3.8) is 0 Å². The van der Waals surface area contributed by atoms with Gasteiger partial charge >= 0.3 is 0 Å². The molecule has 4 rings (SSSR count). The van der Waals surface area contributed by atoms with E-state index in [0.717, 1.165) is 49.5 Å². The highest BCUT2D eigenvalue weighted by Gasteiger charge is 2.26. The Morgan fingerprint density at radius 2 is 2.00 bits per heavy atom. The Hall–Kier alpha value is -2.16. The van der Waals surface area contributed by atoms with Crippen molar-refractivity contribution in [2.24, 2.45) is 0 Å². The van der Waals surface area contributed by atoms with Crippen LogP contribution in [0.25, 0.3) is 11.0 Å². The average Bonchev–Trinajstić information content (AvgIpc) is 3.29. The molecular formula is C21H29N5O2S. The van der Waals surface area contributed by atoms with Gasteiger partial charge in [-0.05, 0) is 43.7 Å². The maximum absolute atomic E-state index is 12.5. The van der Waals surface area contributed by atoms with E-state index >= 15 is 0 Å². The largest absolute Gasteiger partial charge is 0.349 e. The molecule has 29 heavy (non-hydrogen) atoms. The van der Waals surface area contributed by atoms with Crippen molar-refractivity contribution in [1.29, 1.82) is 0 Å². The molecule has 0 fully saturated rings. The van der Waals surface area contributed by atoms with Crippen molar-refractivity contribution in [2.45, 2.75) is 50.8 Å². The summed E-state index contributed by atoms with van der Waals surface area (Å²) in [6, 6.07) is 9.89. The van der Waals surface area contributed by atoms with Crippen molar-refractivity contribution in [3.8, 4) is 0 Å². The SMILES string of the molecule is CCCn1c(CN2CCn3cccc3C2C)nc2cc(S(=O)(=O)N(C)C)ccc21. The van der Waals surface area contributed by atoms with Gasteiger partial charge in [-0.1, -0.05) is 6.92 Å². The fourth-order valence-electron chi connectivity index (χ4n) is 4.15. The van der Waals surface area contributed by atoms with Crippen LogP contribution in [0.15, 0.2) is 41.4 Å². The predicted octanol–water partition coefficient (Wildman–Crippen LogP) is 3.07. The monoisotopic (exact) mass is 415 g/mol. The third kappa shape index (κ3) is 3.49. The van der Waals surface area contributed by atoms with E-state index in [1.54, 1.807) is 26.2 Å². The zero-order valence-electron chi connectivity index (χ0n) is 17.5. The minimum absolute atomic E-state index is 0.284. The van der Waals surface area contributed by atoms with Crippen LogP contribution in [-0.2, 0) is 29.7 Å². The van der Waals surface area contributed by atoms with Crippen LogP contribution in [0.5, 0.6) is 0 Å². The minimum atomic E-state index is -3.48. The van der Waals surface area contributed by atoms with Gasteiger partial charge in [-0.3, -0.25) is 4.90 Å². The molecule has 7 nitrogen and oxygen atoms in total. The molecule has 2 aromatic heterocycles. The van der Waals surface area contributed by atoms with Crippen LogP contribution in [0.1, 0.15) is 37.8 Å². The summed E-state index contributed by atoms with van der Waals surface area (Å²) in [5.74, 6) is 0.994. The Balaban J connectivity index is 1.71. The van der Waals surface area contributed by atoms with Crippen LogP contribution in [0.4, 0.5) is 0 Å². The van der Waals surface area contributed by atoms with Gasteiger partial charge in [0.05, 0.1) is 22.5 Å². The zero-order chi connectivity index (χ0) is 20.8. The second kappa shape index (κ2) is 7.59. The smallest absolute Gasteiger partial charge is 0.242 e. The van der Waals surface area contributed by atoms with Gasteiger partial charge in [-0.2, -0.15) is 0 Å². The molecule has 1 aliphatic rings. The van der Waals surface area contributed by atoms with Crippen molar-refractivity contribution in [1.82, 2.24) is 23.3 Å². The molecule has 1 unspecified atom stereocenters. The van der Waals surface area contributed by atoms with Crippen molar-refractivity contribution in [3.05, 3.63) is 48.0 Å². The summed E-state index contributed by atoms with van der Waals surface area (Å²) >= 11 is 0. The van der Waals surface area contributed by atoms with Crippen LogP contribution in [0, 0.1) is 0 Å². The summed E-state index contributed by atoms with van der Waals surface area (Å²) in [6.45, 7) is 7.95. The molecule has 0 bridgehead atoms. The van der Waals surface area contributed by atoms with Gasteiger partial charge in [-0.15, -0.1) is 0 Å². The second-order valence-corrected chi connectivity index (χ2v) is 10.0. The highest BCUT2D eigenvalue weighted by Crippen LogP contribution is 2.28. The van der Waals surface area contributed by atoms with E-state index in [-0.39, 0.29) is 4.90 Å². The summed E-state index contributed by atoms with van der Waals surface area (Å²) < 4.78 is 30.8. The first kappa shape index (κ1) is 20.1. The highest BCUT2D eigenvalue weighted by atomic mass is 32.2. The lowest BCUT2D eigenvalue weighted by Gasteiger charge is -2.34. The lowest BCUT2D eigenvalue weighted by molar-refractivity contribution is 0.155. The van der Waals surface area contributed by atoms with Crippen LogP contribution in [0.2, 0.25) is 0 Å². The Bertz CT molecular complexity index is 1130. The molecule has 156 valence electrons.